The highest BCUT2D eigenvalue weighted by Gasteiger charge is 2.27. The number of amides is 2. The first-order chi connectivity index (χ1) is 16.1. The van der Waals surface area contributed by atoms with Gasteiger partial charge in [0.15, 0.2) is 0 Å². The molecule has 1 N–H and O–H groups in total. The van der Waals surface area contributed by atoms with Crippen LogP contribution in [0.2, 0.25) is 0 Å². The molecular weight excluding hydrogens is 450 g/mol. The number of nitrogens with zero attached hydrogens (tertiary/aromatic N) is 2. The van der Waals surface area contributed by atoms with E-state index in [1.807, 2.05) is 63.2 Å². The van der Waals surface area contributed by atoms with Gasteiger partial charge in [-0.15, -0.1) is 0 Å². The van der Waals surface area contributed by atoms with Gasteiger partial charge in [0.25, 0.3) is 0 Å². The highest BCUT2D eigenvalue weighted by atomic mass is 32.2. The molecule has 0 unspecified atom stereocenters. The molecule has 0 aromatic heterocycles. The molecule has 1 atom stereocenters. The van der Waals surface area contributed by atoms with Crippen molar-refractivity contribution < 1.29 is 18.0 Å². The molecule has 0 heterocycles. The molecule has 8 heteroatoms. The van der Waals surface area contributed by atoms with Gasteiger partial charge in [-0.25, -0.2) is 8.42 Å². The summed E-state index contributed by atoms with van der Waals surface area (Å²) in [6.07, 6.45) is 2.81. The second-order valence-electron chi connectivity index (χ2n) is 8.57. The molecule has 2 amide bonds. The van der Waals surface area contributed by atoms with Crippen molar-refractivity contribution in [3.8, 4) is 0 Å². The molecule has 186 valence electrons. The van der Waals surface area contributed by atoms with Crippen molar-refractivity contribution in [1.29, 1.82) is 0 Å². The highest BCUT2D eigenvalue weighted by molar-refractivity contribution is 7.92. The van der Waals surface area contributed by atoms with Crippen molar-refractivity contribution in [3.63, 3.8) is 0 Å². The summed E-state index contributed by atoms with van der Waals surface area (Å²) in [5.41, 5.74) is 3.77. The van der Waals surface area contributed by atoms with Crippen LogP contribution in [0.25, 0.3) is 0 Å². The molecule has 0 bridgehead atoms. The first-order valence-electron chi connectivity index (χ1n) is 11.7. The lowest BCUT2D eigenvalue weighted by molar-refractivity contribution is -0.140. The predicted octanol–water partition coefficient (Wildman–Crippen LogP) is 3.45. The van der Waals surface area contributed by atoms with Gasteiger partial charge in [0.05, 0.1) is 11.9 Å². The zero-order chi connectivity index (χ0) is 25.3. The van der Waals surface area contributed by atoms with Crippen LogP contribution < -0.4 is 9.62 Å². The normalized spacial score (nSPS) is 12.1. The van der Waals surface area contributed by atoms with Gasteiger partial charge in [0.2, 0.25) is 21.8 Å². The van der Waals surface area contributed by atoms with E-state index in [-0.39, 0.29) is 24.8 Å². The number of aryl methyl sites for hydroxylation is 2. The number of benzene rings is 2. The summed E-state index contributed by atoms with van der Waals surface area (Å²) in [6.45, 7) is 6.41. The number of anilines is 1. The number of carbonyl (C=O) groups excluding carboxylic acids is 2. The summed E-state index contributed by atoms with van der Waals surface area (Å²) in [6, 6.07) is 14.8. The van der Waals surface area contributed by atoms with Gasteiger partial charge in [-0.3, -0.25) is 13.9 Å². The lowest BCUT2D eigenvalue weighted by Gasteiger charge is -2.30. The smallest absolute Gasteiger partial charge is 0.242 e. The molecule has 0 aliphatic heterocycles. The van der Waals surface area contributed by atoms with Crippen molar-refractivity contribution >= 4 is 27.5 Å². The van der Waals surface area contributed by atoms with Crippen LogP contribution in [0.1, 0.15) is 42.9 Å². The molecule has 0 fully saturated rings. The third-order valence-corrected chi connectivity index (χ3v) is 7.24. The Bertz CT molecular complexity index is 1070. The minimum absolute atomic E-state index is 0.152. The number of carbonyl (C=O) groups is 2. The highest BCUT2D eigenvalue weighted by Crippen LogP contribution is 2.22. The van der Waals surface area contributed by atoms with Crippen LogP contribution in [0.5, 0.6) is 0 Å². The standard InChI is InChI=1S/C26H37N3O4S/c1-6-24(26(31)27-4)28(18-16-22-11-8-7-9-12-22)25(30)13-10-17-29(34(5,32)33)23-15-14-20(2)21(3)19-23/h7-9,11-12,14-15,19,24H,6,10,13,16-18H2,1-5H3,(H,27,31)/t24-/m0/s1. The van der Waals surface area contributed by atoms with E-state index in [0.29, 0.717) is 31.5 Å². The topological polar surface area (TPSA) is 86.8 Å². The molecule has 0 radical (unpaired) electrons. The molecule has 0 saturated heterocycles. The van der Waals surface area contributed by atoms with Crippen molar-refractivity contribution in [1.82, 2.24) is 10.2 Å². The number of rotatable bonds is 12. The maximum atomic E-state index is 13.2. The number of likely N-dealkylation sites (N-methyl/N-ethyl adjacent to an activating group) is 1. The van der Waals surface area contributed by atoms with E-state index in [1.54, 1.807) is 18.0 Å². The van der Waals surface area contributed by atoms with Gasteiger partial charge < -0.3 is 10.2 Å². The van der Waals surface area contributed by atoms with E-state index in [9.17, 15) is 18.0 Å². The average molecular weight is 488 g/mol. The van der Waals surface area contributed by atoms with E-state index in [1.165, 1.54) is 10.6 Å². The van der Waals surface area contributed by atoms with Crippen molar-refractivity contribution in [3.05, 3.63) is 65.2 Å². The summed E-state index contributed by atoms with van der Waals surface area (Å²) in [4.78, 5) is 27.3. The lowest BCUT2D eigenvalue weighted by Crippen LogP contribution is -2.49. The Morgan fingerprint density at radius 1 is 1.00 bits per heavy atom. The van der Waals surface area contributed by atoms with Gasteiger partial charge in [-0.1, -0.05) is 43.3 Å². The van der Waals surface area contributed by atoms with Crippen molar-refractivity contribution in [2.24, 2.45) is 0 Å². The second kappa shape index (κ2) is 12.6. The van der Waals surface area contributed by atoms with Crippen LogP contribution in [-0.2, 0) is 26.0 Å². The fourth-order valence-electron chi connectivity index (χ4n) is 3.95. The summed E-state index contributed by atoms with van der Waals surface area (Å²) in [5.74, 6) is -0.350. The fourth-order valence-corrected chi connectivity index (χ4v) is 4.90. The Morgan fingerprint density at radius 2 is 1.68 bits per heavy atom. The lowest BCUT2D eigenvalue weighted by atomic mass is 10.1. The molecule has 7 nitrogen and oxygen atoms in total. The molecule has 2 aromatic rings. The number of hydrogen-bond acceptors (Lipinski definition) is 4. The van der Waals surface area contributed by atoms with Gasteiger partial charge in [-0.05, 0) is 61.9 Å². The van der Waals surface area contributed by atoms with E-state index in [2.05, 4.69) is 5.32 Å². The van der Waals surface area contributed by atoms with Crippen LogP contribution >= 0.6 is 0 Å². The molecule has 34 heavy (non-hydrogen) atoms. The third kappa shape index (κ3) is 7.58. The molecule has 2 rings (SSSR count). The van der Waals surface area contributed by atoms with E-state index in [4.69, 9.17) is 0 Å². The SMILES string of the molecule is CC[C@@H](C(=O)NC)N(CCc1ccccc1)C(=O)CCCN(c1ccc(C)c(C)c1)S(C)(=O)=O. The van der Waals surface area contributed by atoms with Crippen LogP contribution in [-0.4, -0.2) is 57.6 Å². The molecular formula is C26H37N3O4S. The van der Waals surface area contributed by atoms with Crippen molar-refractivity contribution in [2.75, 3.05) is 30.7 Å². The quantitative estimate of drug-likeness (QED) is 0.497. The van der Waals surface area contributed by atoms with E-state index >= 15 is 0 Å². The average Bonchev–Trinajstić information content (AvgIpc) is 2.80. The van der Waals surface area contributed by atoms with Gasteiger partial charge in [0.1, 0.15) is 6.04 Å². The first-order valence-corrected chi connectivity index (χ1v) is 13.5. The van der Waals surface area contributed by atoms with E-state index < -0.39 is 16.1 Å². The Morgan fingerprint density at radius 3 is 2.24 bits per heavy atom. The largest absolute Gasteiger partial charge is 0.357 e. The fraction of sp³-hybridized carbons (Fsp3) is 0.462. The monoisotopic (exact) mass is 487 g/mol. The number of nitrogens with one attached hydrogen (secondary N) is 1. The summed E-state index contributed by atoms with van der Waals surface area (Å²) in [7, 11) is -1.94. The van der Waals surface area contributed by atoms with Crippen LogP contribution in [0.4, 0.5) is 5.69 Å². The van der Waals surface area contributed by atoms with Crippen LogP contribution in [0.3, 0.4) is 0 Å². The van der Waals surface area contributed by atoms with Crippen LogP contribution in [0, 0.1) is 13.8 Å². The van der Waals surface area contributed by atoms with Gasteiger partial charge in [-0.2, -0.15) is 0 Å². The van der Waals surface area contributed by atoms with E-state index in [0.717, 1.165) is 16.7 Å². The summed E-state index contributed by atoms with van der Waals surface area (Å²) in [5, 5.41) is 2.65. The summed E-state index contributed by atoms with van der Waals surface area (Å²) < 4.78 is 26.3. The minimum Gasteiger partial charge on any atom is -0.357 e. The first kappa shape index (κ1) is 27.4. The molecule has 0 aliphatic rings. The third-order valence-electron chi connectivity index (χ3n) is 6.05. The predicted molar refractivity (Wildman–Crippen MR) is 137 cm³/mol. The Kier molecular flexibility index (Phi) is 10.1. The molecule has 0 saturated carbocycles. The molecule has 0 spiro atoms. The maximum absolute atomic E-state index is 13.2. The molecule has 0 aliphatic carbocycles. The minimum atomic E-state index is -3.51. The Labute approximate surface area is 204 Å². The van der Waals surface area contributed by atoms with Crippen LogP contribution in [0.15, 0.2) is 48.5 Å². The van der Waals surface area contributed by atoms with Gasteiger partial charge in [0, 0.05) is 26.6 Å². The zero-order valence-electron chi connectivity index (χ0n) is 20.9. The Hall–Kier alpha value is -2.87. The number of hydrogen-bond donors (Lipinski definition) is 1. The van der Waals surface area contributed by atoms with Crippen molar-refractivity contribution in [2.45, 2.75) is 52.5 Å². The number of sulfonamides is 1. The van der Waals surface area contributed by atoms with Gasteiger partial charge >= 0.3 is 0 Å². The zero-order valence-corrected chi connectivity index (χ0v) is 21.7. The maximum Gasteiger partial charge on any atom is 0.242 e. The summed E-state index contributed by atoms with van der Waals surface area (Å²) >= 11 is 0. The Balaban J connectivity index is 2.14. The second-order valence-corrected chi connectivity index (χ2v) is 10.5. The molecule has 2 aromatic carbocycles.